The van der Waals surface area contributed by atoms with Crippen molar-refractivity contribution in [3.8, 4) is 11.5 Å². The molecule has 0 atom stereocenters. The largest absolute Gasteiger partial charge is 0.497 e. The number of methoxy groups -OCH3 is 1. The first kappa shape index (κ1) is 20.6. The Hall–Kier alpha value is -2.73. The van der Waals surface area contributed by atoms with E-state index in [9.17, 15) is 0 Å². The van der Waals surface area contributed by atoms with Gasteiger partial charge < -0.3 is 25.4 Å². The minimum atomic E-state index is 0.359. The fourth-order valence-corrected chi connectivity index (χ4v) is 2.63. The zero-order valence-corrected chi connectivity index (χ0v) is 16.4. The van der Waals surface area contributed by atoms with Gasteiger partial charge in [0.2, 0.25) is 0 Å². The van der Waals surface area contributed by atoms with Crippen molar-refractivity contribution in [3.05, 3.63) is 54.1 Å². The Balaban J connectivity index is 1.92. The van der Waals surface area contributed by atoms with E-state index in [4.69, 9.17) is 15.2 Å². The monoisotopic (exact) mass is 370 g/mol. The minimum Gasteiger partial charge on any atom is -0.497 e. The molecule has 146 valence electrons. The fraction of sp³-hybridized carbons (Fsp3) is 0.381. The number of likely N-dealkylation sites (N-methyl/N-ethyl adjacent to an activating group) is 1. The first-order valence-electron chi connectivity index (χ1n) is 9.30. The quantitative estimate of drug-likeness (QED) is 0.496. The highest BCUT2D eigenvalue weighted by atomic mass is 16.5. The molecule has 0 unspecified atom stereocenters. The average molecular weight is 370 g/mol. The second-order valence-electron chi connectivity index (χ2n) is 6.04. The Morgan fingerprint density at radius 2 is 1.78 bits per heavy atom. The van der Waals surface area contributed by atoms with Gasteiger partial charge in [0.1, 0.15) is 18.1 Å². The summed E-state index contributed by atoms with van der Waals surface area (Å²) in [5, 5.41) is 3.08. The van der Waals surface area contributed by atoms with Crippen LogP contribution in [0.25, 0.3) is 0 Å². The van der Waals surface area contributed by atoms with Gasteiger partial charge in [0, 0.05) is 17.8 Å². The van der Waals surface area contributed by atoms with Gasteiger partial charge in [0.05, 0.1) is 13.7 Å². The summed E-state index contributed by atoms with van der Waals surface area (Å²) in [4.78, 5) is 6.76. The number of nitrogens with one attached hydrogen (secondary N) is 1. The third-order valence-electron chi connectivity index (χ3n) is 4.31. The van der Waals surface area contributed by atoms with E-state index in [1.54, 1.807) is 7.11 Å². The number of ether oxygens (including phenoxy) is 2. The molecule has 0 aliphatic carbocycles. The van der Waals surface area contributed by atoms with Crippen LogP contribution < -0.4 is 20.5 Å². The van der Waals surface area contributed by atoms with Crippen molar-refractivity contribution >= 4 is 11.6 Å². The molecule has 6 heteroatoms. The second kappa shape index (κ2) is 11.1. The van der Waals surface area contributed by atoms with Crippen molar-refractivity contribution in [1.29, 1.82) is 0 Å². The maximum atomic E-state index is 6.01. The minimum absolute atomic E-state index is 0.359. The van der Waals surface area contributed by atoms with Gasteiger partial charge in [-0.3, -0.25) is 0 Å². The molecule has 2 rings (SSSR count). The molecule has 0 spiro atoms. The van der Waals surface area contributed by atoms with Crippen LogP contribution in [-0.4, -0.2) is 44.2 Å². The van der Waals surface area contributed by atoms with Gasteiger partial charge >= 0.3 is 0 Å². The number of rotatable bonds is 10. The zero-order valence-electron chi connectivity index (χ0n) is 16.4. The Labute approximate surface area is 162 Å². The Morgan fingerprint density at radius 1 is 1.07 bits per heavy atom. The molecule has 0 radical (unpaired) electrons. The number of hydrogen-bond acceptors (Lipinski definition) is 4. The van der Waals surface area contributed by atoms with Gasteiger partial charge in [-0.2, -0.15) is 0 Å². The van der Waals surface area contributed by atoms with Gasteiger partial charge in [-0.05, 0) is 43.4 Å². The number of anilines is 1. The molecule has 2 aromatic carbocycles. The van der Waals surface area contributed by atoms with Crippen LogP contribution in [0.4, 0.5) is 5.69 Å². The predicted octanol–water partition coefficient (Wildman–Crippen LogP) is 3.34. The van der Waals surface area contributed by atoms with Crippen LogP contribution in [0.15, 0.2) is 53.5 Å². The van der Waals surface area contributed by atoms with E-state index in [1.807, 2.05) is 48.5 Å². The van der Waals surface area contributed by atoms with Crippen molar-refractivity contribution in [1.82, 2.24) is 4.90 Å². The predicted molar refractivity (Wildman–Crippen MR) is 112 cm³/mol. The van der Waals surface area contributed by atoms with Crippen LogP contribution >= 0.6 is 0 Å². The third-order valence-corrected chi connectivity index (χ3v) is 4.31. The lowest BCUT2D eigenvalue weighted by Gasteiger charge is -2.18. The summed E-state index contributed by atoms with van der Waals surface area (Å²) < 4.78 is 11.1. The van der Waals surface area contributed by atoms with Gasteiger partial charge in [0.25, 0.3) is 0 Å². The number of nitrogens with two attached hydrogens (primary N) is 1. The number of para-hydroxylation sites is 1. The van der Waals surface area contributed by atoms with E-state index in [2.05, 4.69) is 29.1 Å². The number of aliphatic imine (C=N–C) groups is 1. The summed E-state index contributed by atoms with van der Waals surface area (Å²) in [6.07, 6.45) is 0. The van der Waals surface area contributed by atoms with Crippen LogP contribution in [0.5, 0.6) is 11.5 Å². The van der Waals surface area contributed by atoms with Crippen LogP contribution in [0, 0.1) is 0 Å². The van der Waals surface area contributed by atoms with E-state index in [-0.39, 0.29) is 0 Å². The molecule has 0 aliphatic heterocycles. The van der Waals surface area contributed by atoms with E-state index in [0.717, 1.165) is 42.4 Å². The Kier molecular flexibility index (Phi) is 8.45. The maximum absolute atomic E-state index is 6.01. The molecule has 27 heavy (non-hydrogen) atoms. The lowest BCUT2D eigenvalue weighted by molar-refractivity contribution is 0.221. The first-order valence-corrected chi connectivity index (χ1v) is 9.30. The van der Waals surface area contributed by atoms with Crippen LogP contribution in [0.3, 0.4) is 0 Å². The lowest BCUT2D eigenvalue weighted by atomic mass is 10.2. The highest BCUT2D eigenvalue weighted by Crippen LogP contribution is 2.19. The van der Waals surface area contributed by atoms with Gasteiger partial charge in [-0.25, -0.2) is 4.99 Å². The summed E-state index contributed by atoms with van der Waals surface area (Å²) >= 11 is 0. The number of benzene rings is 2. The molecule has 0 fully saturated rings. The summed E-state index contributed by atoms with van der Waals surface area (Å²) in [5.74, 6) is 2.01. The van der Waals surface area contributed by atoms with E-state index in [0.29, 0.717) is 19.1 Å². The molecule has 6 nitrogen and oxygen atoms in total. The normalized spacial score (nSPS) is 11.5. The summed E-state index contributed by atoms with van der Waals surface area (Å²) in [6, 6.07) is 15.5. The lowest BCUT2D eigenvalue weighted by Crippen LogP contribution is -2.28. The summed E-state index contributed by atoms with van der Waals surface area (Å²) in [5.41, 5.74) is 7.88. The van der Waals surface area contributed by atoms with Crippen molar-refractivity contribution in [2.75, 3.05) is 38.7 Å². The number of nitrogens with zero attached hydrogens (tertiary/aromatic N) is 2. The SMILES string of the molecule is CCN(CC)CCOc1ccccc1CN=C(N)Nc1ccc(OC)cc1. The van der Waals surface area contributed by atoms with Crippen molar-refractivity contribution in [2.45, 2.75) is 20.4 Å². The molecule has 0 aliphatic rings. The molecule has 3 N–H and O–H groups in total. The molecule has 0 bridgehead atoms. The zero-order chi connectivity index (χ0) is 19.5. The van der Waals surface area contributed by atoms with Gasteiger partial charge in [-0.15, -0.1) is 0 Å². The Bertz CT molecular complexity index is 712. The molecule has 2 aromatic rings. The Morgan fingerprint density at radius 3 is 2.44 bits per heavy atom. The highest BCUT2D eigenvalue weighted by Gasteiger charge is 2.05. The second-order valence-corrected chi connectivity index (χ2v) is 6.04. The van der Waals surface area contributed by atoms with E-state index >= 15 is 0 Å². The summed E-state index contributed by atoms with van der Waals surface area (Å²) in [7, 11) is 1.64. The van der Waals surface area contributed by atoms with E-state index < -0.39 is 0 Å². The molecule has 0 amide bonds. The van der Waals surface area contributed by atoms with Crippen molar-refractivity contribution < 1.29 is 9.47 Å². The topological polar surface area (TPSA) is 72.1 Å². The molecule has 0 saturated heterocycles. The average Bonchev–Trinajstić information content (AvgIpc) is 2.71. The maximum Gasteiger partial charge on any atom is 0.193 e. The van der Waals surface area contributed by atoms with Crippen LogP contribution in [0.1, 0.15) is 19.4 Å². The fourth-order valence-electron chi connectivity index (χ4n) is 2.63. The molecular formula is C21H30N4O2. The third kappa shape index (κ3) is 6.83. The van der Waals surface area contributed by atoms with Crippen molar-refractivity contribution in [2.24, 2.45) is 10.7 Å². The summed E-state index contributed by atoms with van der Waals surface area (Å²) in [6.45, 7) is 8.39. The standard InChI is InChI=1S/C21H30N4O2/c1-4-25(5-2)14-15-27-20-9-7-6-8-17(20)16-23-21(22)24-18-10-12-19(26-3)13-11-18/h6-13H,4-5,14-16H2,1-3H3,(H3,22,23,24). The van der Waals surface area contributed by atoms with Gasteiger partial charge in [0.15, 0.2) is 5.96 Å². The number of guanidine groups is 1. The number of hydrogen-bond donors (Lipinski definition) is 2. The highest BCUT2D eigenvalue weighted by molar-refractivity contribution is 5.92. The smallest absolute Gasteiger partial charge is 0.193 e. The molecular weight excluding hydrogens is 340 g/mol. The van der Waals surface area contributed by atoms with Crippen LogP contribution in [-0.2, 0) is 6.54 Å². The van der Waals surface area contributed by atoms with Crippen molar-refractivity contribution in [3.63, 3.8) is 0 Å². The van der Waals surface area contributed by atoms with Crippen LogP contribution in [0.2, 0.25) is 0 Å². The molecule has 0 heterocycles. The molecule has 0 saturated carbocycles. The first-order chi connectivity index (χ1) is 13.2. The molecule has 0 aromatic heterocycles. The van der Waals surface area contributed by atoms with Gasteiger partial charge in [-0.1, -0.05) is 32.0 Å². The van der Waals surface area contributed by atoms with E-state index in [1.165, 1.54) is 0 Å².